The molecule has 1 aromatic carbocycles. The molecule has 0 radical (unpaired) electrons. The van der Waals surface area contributed by atoms with Crippen molar-refractivity contribution in [3.8, 4) is 5.75 Å². The molecule has 1 unspecified atom stereocenters. The predicted molar refractivity (Wildman–Crippen MR) is 77.2 cm³/mol. The number of non-ortho nitro benzene ring substituents is 1. The van der Waals surface area contributed by atoms with E-state index in [1.54, 1.807) is 4.90 Å². The fourth-order valence-corrected chi connectivity index (χ4v) is 2.41. The first-order valence-electron chi connectivity index (χ1n) is 6.89. The van der Waals surface area contributed by atoms with Crippen LogP contribution in [0, 0.1) is 16.0 Å². The van der Waals surface area contributed by atoms with Gasteiger partial charge >= 0.3 is 0 Å². The molecule has 0 bridgehead atoms. The third-order valence-electron chi connectivity index (χ3n) is 3.54. The highest BCUT2D eigenvalue weighted by Gasteiger charge is 2.25. The lowest BCUT2D eigenvalue weighted by molar-refractivity contribution is -0.384. The van der Waals surface area contributed by atoms with Crippen LogP contribution in [-0.2, 0) is 4.79 Å². The summed E-state index contributed by atoms with van der Waals surface area (Å²) >= 11 is 0. The molecule has 1 N–H and O–H groups in total. The number of nitro groups is 1. The molecule has 1 saturated heterocycles. The van der Waals surface area contributed by atoms with E-state index in [-0.39, 0.29) is 18.2 Å². The summed E-state index contributed by atoms with van der Waals surface area (Å²) in [5.41, 5.74) is 0.00290. The summed E-state index contributed by atoms with van der Waals surface area (Å²) in [6.45, 7) is 2.38. The van der Waals surface area contributed by atoms with Crippen LogP contribution in [0.15, 0.2) is 24.3 Å². The predicted octanol–water partition coefficient (Wildman–Crippen LogP) is 1.04. The van der Waals surface area contributed by atoms with Gasteiger partial charge in [0.05, 0.1) is 4.92 Å². The quantitative estimate of drug-likeness (QED) is 0.626. The summed E-state index contributed by atoms with van der Waals surface area (Å²) in [7, 11) is 1.90. The fraction of sp³-hybridized carbons (Fsp3) is 0.500. The molecule has 0 aromatic heterocycles. The van der Waals surface area contributed by atoms with E-state index >= 15 is 0 Å². The largest absolute Gasteiger partial charge is 0.484 e. The summed E-state index contributed by atoms with van der Waals surface area (Å²) in [6.07, 6.45) is 1.00. The Labute approximate surface area is 123 Å². The van der Waals surface area contributed by atoms with Crippen molar-refractivity contribution < 1.29 is 14.5 Å². The second-order valence-corrected chi connectivity index (χ2v) is 5.09. The third kappa shape index (κ3) is 4.16. The van der Waals surface area contributed by atoms with Crippen LogP contribution in [-0.4, -0.2) is 49.0 Å². The highest BCUT2D eigenvalue weighted by atomic mass is 16.6. The average molecular weight is 293 g/mol. The summed E-state index contributed by atoms with van der Waals surface area (Å²) in [5.74, 6) is 0.908. The van der Waals surface area contributed by atoms with Crippen LogP contribution in [0.25, 0.3) is 0 Å². The lowest BCUT2D eigenvalue weighted by Crippen LogP contribution is -2.34. The number of hydrogen-bond donors (Lipinski definition) is 1. The second kappa shape index (κ2) is 7.03. The molecule has 114 valence electrons. The summed E-state index contributed by atoms with van der Waals surface area (Å²) in [6, 6.07) is 5.72. The molecule has 2 rings (SSSR count). The van der Waals surface area contributed by atoms with Crippen LogP contribution >= 0.6 is 0 Å². The van der Waals surface area contributed by atoms with Gasteiger partial charge in [0.2, 0.25) is 0 Å². The molecule has 0 saturated carbocycles. The smallest absolute Gasteiger partial charge is 0.269 e. The van der Waals surface area contributed by atoms with E-state index in [4.69, 9.17) is 4.74 Å². The first-order valence-corrected chi connectivity index (χ1v) is 6.89. The Balaban J connectivity index is 1.80. The number of carbonyl (C=O) groups excluding carboxylic acids is 1. The molecular weight excluding hydrogens is 274 g/mol. The van der Waals surface area contributed by atoms with Crippen LogP contribution in [0.4, 0.5) is 5.69 Å². The van der Waals surface area contributed by atoms with Gasteiger partial charge in [-0.3, -0.25) is 14.9 Å². The van der Waals surface area contributed by atoms with E-state index in [1.807, 2.05) is 7.05 Å². The number of nitro benzene ring substituents is 1. The van der Waals surface area contributed by atoms with E-state index in [0.29, 0.717) is 11.7 Å². The molecule has 7 heteroatoms. The molecule has 21 heavy (non-hydrogen) atoms. The van der Waals surface area contributed by atoms with Gasteiger partial charge in [-0.05, 0) is 38.1 Å². The number of likely N-dealkylation sites (tertiary alicyclic amines) is 1. The maximum atomic E-state index is 12.0. The van der Waals surface area contributed by atoms with Crippen molar-refractivity contribution >= 4 is 11.6 Å². The maximum absolute atomic E-state index is 12.0. The van der Waals surface area contributed by atoms with Crippen molar-refractivity contribution in [1.29, 1.82) is 0 Å². The van der Waals surface area contributed by atoms with Gasteiger partial charge in [0.1, 0.15) is 5.75 Å². The topological polar surface area (TPSA) is 84.7 Å². The molecule has 1 fully saturated rings. The Bertz CT molecular complexity index is 503. The fourth-order valence-electron chi connectivity index (χ4n) is 2.41. The molecule has 0 spiro atoms. The van der Waals surface area contributed by atoms with Crippen LogP contribution in [0.2, 0.25) is 0 Å². The minimum atomic E-state index is -0.471. The molecule has 1 aliphatic rings. The maximum Gasteiger partial charge on any atom is 0.269 e. The Morgan fingerprint density at radius 2 is 2.19 bits per heavy atom. The lowest BCUT2D eigenvalue weighted by atomic mass is 10.1. The van der Waals surface area contributed by atoms with Crippen molar-refractivity contribution in [3.63, 3.8) is 0 Å². The van der Waals surface area contributed by atoms with Gasteiger partial charge in [-0.15, -0.1) is 0 Å². The Hall–Kier alpha value is -2.15. The molecule has 0 aliphatic carbocycles. The third-order valence-corrected chi connectivity index (χ3v) is 3.54. The highest BCUT2D eigenvalue weighted by molar-refractivity contribution is 5.78. The van der Waals surface area contributed by atoms with E-state index in [1.165, 1.54) is 24.3 Å². The molecule has 1 aliphatic heterocycles. The van der Waals surface area contributed by atoms with Crippen LogP contribution in [0.3, 0.4) is 0 Å². The summed E-state index contributed by atoms with van der Waals surface area (Å²) < 4.78 is 5.38. The Morgan fingerprint density at radius 3 is 2.81 bits per heavy atom. The van der Waals surface area contributed by atoms with Crippen molar-refractivity contribution in [2.45, 2.75) is 6.42 Å². The Morgan fingerprint density at radius 1 is 1.48 bits per heavy atom. The second-order valence-electron chi connectivity index (χ2n) is 5.09. The van der Waals surface area contributed by atoms with Crippen LogP contribution < -0.4 is 10.1 Å². The molecule has 1 aromatic rings. The lowest BCUT2D eigenvalue weighted by Gasteiger charge is -2.16. The zero-order chi connectivity index (χ0) is 15.2. The highest BCUT2D eigenvalue weighted by Crippen LogP contribution is 2.18. The van der Waals surface area contributed by atoms with Gasteiger partial charge in [-0.2, -0.15) is 0 Å². The van der Waals surface area contributed by atoms with Crippen molar-refractivity contribution in [1.82, 2.24) is 10.2 Å². The number of hydrogen-bond acceptors (Lipinski definition) is 5. The standard InChI is InChI=1S/C14H19N3O4/c1-15-8-11-6-7-16(9-11)14(18)10-21-13-4-2-12(3-5-13)17(19)20/h2-5,11,15H,6-10H2,1H3. The number of ether oxygens (including phenoxy) is 1. The van der Waals surface area contributed by atoms with Crippen molar-refractivity contribution in [3.05, 3.63) is 34.4 Å². The first kappa shape index (κ1) is 15.2. The van der Waals surface area contributed by atoms with Crippen LogP contribution in [0.1, 0.15) is 6.42 Å². The van der Waals surface area contributed by atoms with Crippen LogP contribution in [0.5, 0.6) is 5.75 Å². The van der Waals surface area contributed by atoms with Gasteiger partial charge in [-0.1, -0.05) is 0 Å². The SMILES string of the molecule is CNCC1CCN(C(=O)COc2ccc([N+](=O)[O-])cc2)C1. The van der Waals surface area contributed by atoms with Gasteiger partial charge in [0, 0.05) is 25.2 Å². The number of nitrogens with zero attached hydrogens (tertiary/aromatic N) is 2. The molecular formula is C14H19N3O4. The molecule has 1 atom stereocenters. The molecule has 1 heterocycles. The summed E-state index contributed by atoms with van der Waals surface area (Å²) in [4.78, 5) is 23.9. The molecule has 7 nitrogen and oxygen atoms in total. The van der Waals surface area contributed by atoms with Crippen molar-refractivity contribution in [2.75, 3.05) is 33.3 Å². The van der Waals surface area contributed by atoms with Gasteiger partial charge < -0.3 is 15.0 Å². The van der Waals surface area contributed by atoms with Gasteiger partial charge in [-0.25, -0.2) is 0 Å². The van der Waals surface area contributed by atoms with Crippen molar-refractivity contribution in [2.24, 2.45) is 5.92 Å². The van der Waals surface area contributed by atoms with E-state index < -0.39 is 4.92 Å². The monoisotopic (exact) mass is 293 g/mol. The first-order chi connectivity index (χ1) is 10.1. The average Bonchev–Trinajstić information content (AvgIpc) is 2.94. The number of rotatable bonds is 6. The van der Waals surface area contributed by atoms with E-state index in [0.717, 1.165) is 26.1 Å². The Kier molecular flexibility index (Phi) is 5.10. The van der Waals surface area contributed by atoms with E-state index in [2.05, 4.69) is 5.32 Å². The summed E-state index contributed by atoms with van der Waals surface area (Å²) in [5, 5.41) is 13.7. The van der Waals surface area contributed by atoms with Gasteiger partial charge in [0.15, 0.2) is 6.61 Å². The minimum absolute atomic E-state index is 0.00290. The zero-order valence-electron chi connectivity index (χ0n) is 11.9. The number of nitrogens with one attached hydrogen (secondary N) is 1. The minimum Gasteiger partial charge on any atom is -0.484 e. The zero-order valence-corrected chi connectivity index (χ0v) is 11.9. The normalized spacial score (nSPS) is 17.8. The number of benzene rings is 1. The number of amides is 1. The number of carbonyl (C=O) groups is 1. The molecule has 1 amide bonds. The van der Waals surface area contributed by atoms with Gasteiger partial charge in [0.25, 0.3) is 11.6 Å². The van der Waals surface area contributed by atoms with E-state index in [9.17, 15) is 14.9 Å².